The van der Waals surface area contributed by atoms with Crippen LogP contribution in [0.3, 0.4) is 0 Å². The number of para-hydroxylation sites is 1. The highest BCUT2D eigenvalue weighted by molar-refractivity contribution is 5.98. The van der Waals surface area contributed by atoms with Crippen molar-refractivity contribution in [1.82, 2.24) is 4.98 Å². The molecule has 6 nitrogen and oxygen atoms in total. The summed E-state index contributed by atoms with van der Waals surface area (Å²) in [5, 5.41) is 6.80. The van der Waals surface area contributed by atoms with Gasteiger partial charge in [-0.3, -0.25) is 4.79 Å². The highest BCUT2D eigenvalue weighted by Gasteiger charge is 2.25. The number of hydrogen-bond donors (Lipinski definition) is 2. The van der Waals surface area contributed by atoms with Crippen molar-refractivity contribution in [2.45, 2.75) is 20.0 Å². The molecule has 1 aliphatic rings. The van der Waals surface area contributed by atoms with Gasteiger partial charge in [0.1, 0.15) is 18.2 Å². The first-order valence-electron chi connectivity index (χ1n) is 11.3. The molecule has 0 saturated heterocycles. The third-order valence-electron chi connectivity index (χ3n) is 5.79. The van der Waals surface area contributed by atoms with Crippen LogP contribution in [0.1, 0.15) is 18.1 Å². The van der Waals surface area contributed by atoms with Crippen molar-refractivity contribution in [2.75, 3.05) is 22.1 Å². The minimum Gasteiger partial charge on any atom is -0.489 e. The molecule has 0 spiro atoms. The van der Waals surface area contributed by atoms with Gasteiger partial charge >= 0.3 is 0 Å². The molecule has 0 atom stereocenters. The fourth-order valence-electron chi connectivity index (χ4n) is 4.13. The number of nitrogens with zero attached hydrogens (tertiary/aromatic N) is 2. The molecule has 4 aromatic rings. The minimum atomic E-state index is 0.0567. The van der Waals surface area contributed by atoms with Crippen LogP contribution in [-0.2, 0) is 17.8 Å². The summed E-state index contributed by atoms with van der Waals surface area (Å²) >= 11 is 0. The van der Waals surface area contributed by atoms with Crippen LogP contribution >= 0.6 is 0 Å². The van der Waals surface area contributed by atoms with Crippen molar-refractivity contribution in [2.24, 2.45) is 0 Å². The van der Waals surface area contributed by atoms with E-state index in [0.717, 1.165) is 52.8 Å². The predicted octanol–water partition coefficient (Wildman–Crippen LogP) is 6.06. The summed E-state index contributed by atoms with van der Waals surface area (Å²) in [6, 6.07) is 27.9. The number of carbonyl (C=O) groups is 1. The van der Waals surface area contributed by atoms with Gasteiger partial charge in [-0.25, -0.2) is 4.98 Å². The Bertz CT molecular complexity index is 1290. The zero-order valence-electron chi connectivity index (χ0n) is 19.0. The second-order valence-electron chi connectivity index (χ2n) is 8.21. The molecule has 0 radical (unpaired) electrons. The molecule has 0 aliphatic carbocycles. The van der Waals surface area contributed by atoms with E-state index in [4.69, 9.17) is 4.74 Å². The number of carbonyl (C=O) groups excluding carboxylic acids is 1. The number of nitrogens with one attached hydrogen (secondary N) is 2. The molecule has 1 amide bonds. The summed E-state index contributed by atoms with van der Waals surface area (Å²) < 4.78 is 5.86. The molecule has 170 valence electrons. The summed E-state index contributed by atoms with van der Waals surface area (Å²) in [5.74, 6) is 1.59. The van der Waals surface area contributed by atoms with Gasteiger partial charge < -0.3 is 20.3 Å². The van der Waals surface area contributed by atoms with Crippen molar-refractivity contribution >= 4 is 34.5 Å². The maximum Gasteiger partial charge on any atom is 0.223 e. The summed E-state index contributed by atoms with van der Waals surface area (Å²) in [7, 11) is 0. The van der Waals surface area contributed by atoms with E-state index in [1.54, 1.807) is 13.1 Å². The van der Waals surface area contributed by atoms with Crippen molar-refractivity contribution in [3.8, 4) is 5.75 Å². The Kier molecular flexibility index (Phi) is 6.12. The van der Waals surface area contributed by atoms with Crippen LogP contribution in [0.25, 0.3) is 0 Å². The first-order chi connectivity index (χ1) is 16.7. The van der Waals surface area contributed by atoms with Crippen LogP contribution in [0.4, 0.5) is 28.6 Å². The smallest absolute Gasteiger partial charge is 0.223 e. The van der Waals surface area contributed by atoms with Gasteiger partial charge in [0, 0.05) is 37.1 Å². The van der Waals surface area contributed by atoms with Gasteiger partial charge in [0.05, 0.1) is 11.4 Å². The number of rotatable bonds is 7. The summed E-state index contributed by atoms with van der Waals surface area (Å²) in [5.41, 5.74) is 6.01. The molecule has 2 heterocycles. The van der Waals surface area contributed by atoms with E-state index in [9.17, 15) is 4.79 Å². The van der Waals surface area contributed by atoms with Crippen LogP contribution in [0.15, 0.2) is 91.1 Å². The fraction of sp³-hybridized carbons (Fsp3) is 0.143. The van der Waals surface area contributed by atoms with Gasteiger partial charge in [0.25, 0.3) is 0 Å². The topological polar surface area (TPSA) is 66.5 Å². The van der Waals surface area contributed by atoms with Gasteiger partial charge in [0.2, 0.25) is 5.91 Å². The predicted molar refractivity (Wildman–Crippen MR) is 136 cm³/mol. The van der Waals surface area contributed by atoms with Gasteiger partial charge in [-0.2, -0.15) is 0 Å². The molecule has 3 aromatic carbocycles. The van der Waals surface area contributed by atoms with Crippen LogP contribution in [0, 0.1) is 0 Å². The molecule has 0 unspecified atom stereocenters. The zero-order valence-corrected chi connectivity index (χ0v) is 19.0. The van der Waals surface area contributed by atoms with Crippen LogP contribution in [-0.4, -0.2) is 17.4 Å². The molecule has 1 aromatic heterocycles. The number of fused-ring (bicyclic) bond motifs is 1. The number of anilines is 5. The Balaban J connectivity index is 1.26. The molecule has 34 heavy (non-hydrogen) atoms. The lowest BCUT2D eigenvalue weighted by molar-refractivity contribution is -0.116. The lowest BCUT2D eigenvalue weighted by Gasteiger charge is -2.19. The molecular weight excluding hydrogens is 424 g/mol. The standard InChI is InChI=1S/C28H26N4O2/c1-20(33)32-17-15-22-8-5-9-26(28(22)32)30-24-14-16-29-27(18-24)31-23-10-12-25(13-11-23)34-19-21-6-3-2-4-7-21/h2-14,16,18H,15,17,19H2,1H3,(H2,29,30,31). The van der Waals surface area contributed by atoms with Crippen molar-refractivity contribution in [3.63, 3.8) is 0 Å². The van der Waals surface area contributed by atoms with E-state index in [-0.39, 0.29) is 5.91 Å². The van der Waals surface area contributed by atoms with Crippen molar-refractivity contribution in [3.05, 3.63) is 102 Å². The summed E-state index contributed by atoms with van der Waals surface area (Å²) in [6.07, 6.45) is 2.63. The minimum absolute atomic E-state index is 0.0567. The lowest BCUT2D eigenvalue weighted by Crippen LogP contribution is -2.26. The summed E-state index contributed by atoms with van der Waals surface area (Å²) in [4.78, 5) is 18.4. The lowest BCUT2D eigenvalue weighted by atomic mass is 10.1. The Morgan fingerprint density at radius 2 is 1.76 bits per heavy atom. The Morgan fingerprint density at radius 1 is 0.941 bits per heavy atom. The van der Waals surface area contributed by atoms with E-state index >= 15 is 0 Å². The second-order valence-corrected chi connectivity index (χ2v) is 8.21. The molecule has 6 heteroatoms. The normalized spacial score (nSPS) is 12.2. The Labute approximate surface area is 199 Å². The first-order valence-corrected chi connectivity index (χ1v) is 11.3. The molecular formula is C28H26N4O2. The van der Waals surface area contributed by atoms with E-state index in [1.165, 1.54) is 5.56 Å². The third kappa shape index (κ3) is 4.86. The third-order valence-corrected chi connectivity index (χ3v) is 5.79. The van der Waals surface area contributed by atoms with Crippen molar-refractivity contribution in [1.29, 1.82) is 0 Å². The number of pyridine rings is 1. The Hall–Kier alpha value is -4.32. The molecule has 0 saturated carbocycles. The van der Waals surface area contributed by atoms with Crippen molar-refractivity contribution < 1.29 is 9.53 Å². The van der Waals surface area contributed by atoms with E-state index in [2.05, 4.69) is 21.7 Å². The van der Waals surface area contributed by atoms with Gasteiger partial charge in [-0.1, -0.05) is 42.5 Å². The van der Waals surface area contributed by atoms with Gasteiger partial charge in [-0.05, 0) is 53.9 Å². The van der Waals surface area contributed by atoms with Gasteiger partial charge in [-0.15, -0.1) is 0 Å². The number of hydrogen-bond acceptors (Lipinski definition) is 5. The molecule has 0 fully saturated rings. The average molecular weight is 451 g/mol. The van der Waals surface area contributed by atoms with Crippen LogP contribution in [0.2, 0.25) is 0 Å². The number of aromatic nitrogens is 1. The number of amides is 1. The molecule has 5 rings (SSSR count). The SMILES string of the molecule is CC(=O)N1CCc2cccc(Nc3ccnc(Nc4ccc(OCc5ccccc5)cc4)c3)c21. The average Bonchev–Trinajstić information content (AvgIpc) is 3.30. The number of ether oxygens (including phenoxy) is 1. The fourth-order valence-corrected chi connectivity index (χ4v) is 4.13. The Morgan fingerprint density at radius 3 is 2.56 bits per heavy atom. The van der Waals surface area contributed by atoms with E-state index in [0.29, 0.717) is 6.61 Å². The largest absolute Gasteiger partial charge is 0.489 e. The second kappa shape index (κ2) is 9.67. The van der Waals surface area contributed by atoms with E-state index < -0.39 is 0 Å². The quantitative estimate of drug-likeness (QED) is 0.358. The monoisotopic (exact) mass is 450 g/mol. The number of benzene rings is 3. The molecule has 1 aliphatic heterocycles. The maximum absolute atomic E-state index is 12.1. The van der Waals surface area contributed by atoms with Crippen LogP contribution < -0.4 is 20.3 Å². The molecule has 2 N–H and O–H groups in total. The highest BCUT2D eigenvalue weighted by Crippen LogP contribution is 2.37. The van der Waals surface area contributed by atoms with E-state index in [1.807, 2.05) is 83.8 Å². The van der Waals surface area contributed by atoms with Gasteiger partial charge in [0.15, 0.2) is 0 Å². The van der Waals surface area contributed by atoms with Crippen LogP contribution in [0.5, 0.6) is 5.75 Å². The molecule has 0 bridgehead atoms. The highest BCUT2D eigenvalue weighted by atomic mass is 16.5. The first kappa shape index (κ1) is 21.5. The zero-order chi connectivity index (χ0) is 23.3. The maximum atomic E-state index is 12.1. The summed E-state index contributed by atoms with van der Waals surface area (Å²) in [6.45, 7) is 2.86.